The number of nitro benzene ring substituents is 2. The molecule has 0 aliphatic rings. The molecule has 0 radical (unpaired) electrons. The number of nitrogens with zero attached hydrogens (tertiary/aromatic N) is 5. The van der Waals surface area contributed by atoms with E-state index in [4.69, 9.17) is 23.2 Å². The first kappa shape index (κ1) is 22.8. The van der Waals surface area contributed by atoms with Gasteiger partial charge < -0.3 is 0 Å². The second-order valence-corrected chi connectivity index (χ2v) is 7.65. The summed E-state index contributed by atoms with van der Waals surface area (Å²) in [7, 11) is 0. The zero-order valence-corrected chi connectivity index (χ0v) is 18.4. The van der Waals surface area contributed by atoms with Crippen molar-refractivity contribution >= 4 is 46.0 Å². The molecule has 0 spiro atoms. The summed E-state index contributed by atoms with van der Waals surface area (Å²) in [5.41, 5.74) is 0.101. The number of rotatable bonds is 6. The Morgan fingerprint density at radius 3 is 1.91 bits per heavy atom. The Balaban J connectivity index is 1.84. The standard InChI is InChI=1S/C21H12Cl2N6O5/c22-16-10-15(29(33)34)11-17(23)19(16)24-25-20-18(12-4-2-1-3-5-12)26-27(21(20)30)13-6-8-14(9-7-13)28(31)32/h1-11,26H. The normalized spacial score (nSPS) is 11.1. The highest BCUT2D eigenvalue weighted by Gasteiger charge is 2.19. The number of hydrogen-bond acceptors (Lipinski definition) is 7. The number of nitrogens with one attached hydrogen (secondary N) is 1. The van der Waals surface area contributed by atoms with Gasteiger partial charge in [-0.25, -0.2) is 4.68 Å². The SMILES string of the molecule is O=c1c(N=Nc2c(Cl)cc([N+](=O)[O-])cc2Cl)c(-c2ccccc2)[nH]n1-c1ccc([N+](=O)[O-])cc1. The van der Waals surface area contributed by atoms with Gasteiger partial charge in [0.15, 0.2) is 5.69 Å². The molecule has 0 saturated heterocycles. The van der Waals surface area contributed by atoms with Gasteiger partial charge in [0, 0.05) is 29.8 Å². The van der Waals surface area contributed by atoms with Crippen LogP contribution in [0.1, 0.15) is 0 Å². The fourth-order valence-electron chi connectivity index (χ4n) is 3.09. The van der Waals surface area contributed by atoms with Crippen LogP contribution in [0, 0.1) is 20.2 Å². The summed E-state index contributed by atoms with van der Waals surface area (Å²) in [4.78, 5) is 33.9. The van der Waals surface area contributed by atoms with E-state index < -0.39 is 15.4 Å². The highest BCUT2D eigenvalue weighted by Crippen LogP contribution is 2.38. The van der Waals surface area contributed by atoms with Crippen LogP contribution in [0.25, 0.3) is 16.9 Å². The molecule has 0 atom stereocenters. The van der Waals surface area contributed by atoms with Crippen molar-refractivity contribution < 1.29 is 9.85 Å². The molecule has 3 aromatic carbocycles. The summed E-state index contributed by atoms with van der Waals surface area (Å²) < 4.78 is 1.17. The van der Waals surface area contributed by atoms with Crippen molar-refractivity contribution in [1.29, 1.82) is 0 Å². The molecule has 34 heavy (non-hydrogen) atoms. The van der Waals surface area contributed by atoms with Gasteiger partial charge in [-0.05, 0) is 12.1 Å². The van der Waals surface area contributed by atoms with Crippen molar-refractivity contribution in [2.75, 3.05) is 0 Å². The van der Waals surface area contributed by atoms with Crippen molar-refractivity contribution in [2.45, 2.75) is 0 Å². The molecule has 4 rings (SSSR count). The average Bonchev–Trinajstić information content (AvgIpc) is 3.15. The van der Waals surface area contributed by atoms with Crippen LogP contribution in [-0.4, -0.2) is 19.6 Å². The number of aromatic nitrogens is 2. The molecule has 1 aromatic heterocycles. The lowest BCUT2D eigenvalue weighted by Crippen LogP contribution is -2.13. The second-order valence-electron chi connectivity index (χ2n) is 6.83. The van der Waals surface area contributed by atoms with Gasteiger partial charge in [0.05, 0.1) is 31.3 Å². The van der Waals surface area contributed by atoms with E-state index in [-0.39, 0.29) is 32.8 Å². The minimum atomic E-state index is -0.652. The summed E-state index contributed by atoms with van der Waals surface area (Å²) in [5, 5.41) is 32.7. The average molecular weight is 499 g/mol. The van der Waals surface area contributed by atoms with Crippen molar-refractivity contribution in [2.24, 2.45) is 10.2 Å². The van der Waals surface area contributed by atoms with E-state index in [9.17, 15) is 25.0 Å². The van der Waals surface area contributed by atoms with E-state index in [1.165, 1.54) is 28.9 Å². The van der Waals surface area contributed by atoms with Gasteiger partial charge in [-0.15, -0.1) is 10.2 Å². The predicted molar refractivity (Wildman–Crippen MR) is 126 cm³/mol. The van der Waals surface area contributed by atoms with E-state index in [2.05, 4.69) is 15.3 Å². The maximum Gasteiger partial charge on any atom is 0.299 e. The molecule has 13 heteroatoms. The highest BCUT2D eigenvalue weighted by atomic mass is 35.5. The summed E-state index contributed by atoms with van der Waals surface area (Å²) in [6, 6.07) is 16.3. The molecular weight excluding hydrogens is 487 g/mol. The molecule has 11 nitrogen and oxygen atoms in total. The van der Waals surface area contributed by atoms with E-state index >= 15 is 0 Å². The third kappa shape index (κ3) is 4.42. The number of benzene rings is 3. The van der Waals surface area contributed by atoms with Gasteiger partial charge in [0.2, 0.25) is 0 Å². The van der Waals surface area contributed by atoms with Gasteiger partial charge in [-0.3, -0.25) is 30.1 Å². The molecule has 1 heterocycles. The first-order valence-electron chi connectivity index (χ1n) is 9.46. The fourth-order valence-corrected chi connectivity index (χ4v) is 3.64. The molecule has 0 amide bonds. The molecule has 0 fully saturated rings. The molecule has 0 bridgehead atoms. The quantitative estimate of drug-likeness (QED) is 0.186. The van der Waals surface area contributed by atoms with Gasteiger partial charge >= 0.3 is 0 Å². The lowest BCUT2D eigenvalue weighted by atomic mass is 10.1. The highest BCUT2D eigenvalue weighted by molar-refractivity contribution is 6.39. The first-order chi connectivity index (χ1) is 16.3. The molecule has 0 unspecified atom stereocenters. The smallest absolute Gasteiger partial charge is 0.288 e. The van der Waals surface area contributed by atoms with Crippen LogP contribution in [0.15, 0.2) is 81.8 Å². The zero-order chi connectivity index (χ0) is 24.4. The minimum absolute atomic E-state index is 0.0459. The zero-order valence-electron chi connectivity index (χ0n) is 16.9. The van der Waals surface area contributed by atoms with Gasteiger partial charge in [-0.2, -0.15) is 0 Å². The Kier molecular flexibility index (Phi) is 6.21. The number of aromatic amines is 1. The van der Waals surface area contributed by atoms with E-state index in [1.54, 1.807) is 30.3 Å². The Hall–Kier alpha value is -4.35. The van der Waals surface area contributed by atoms with Crippen LogP contribution in [0.2, 0.25) is 10.0 Å². The van der Waals surface area contributed by atoms with Crippen molar-refractivity contribution in [3.05, 3.63) is 107 Å². The summed E-state index contributed by atoms with van der Waals surface area (Å²) in [6.45, 7) is 0. The lowest BCUT2D eigenvalue weighted by Gasteiger charge is -2.02. The van der Waals surface area contributed by atoms with E-state index in [0.717, 1.165) is 12.1 Å². The minimum Gasteiger partial charge on any atom is -0.288 e. The topological polar surface area (TPSA) is 149 Å². The molecule has 0 aliphatic heterocycles. The van der Waals surface area contributed by atoms with E-state index in [0.29, 0.717) is 16.9 Å². The first-order valence-corrected chi connectivity index (χ1v) is 10.2. The summed E-state index contributed by atoms with van der Waals surface area (Å²) >= 11 is 12.2. The van der Waals surface area contributed by atoms with Crippen LogP contribution >= 0.6 is 23.2 Å². The third-order valence-corrected chi connectivity index (χ3v) is 5.29. The monoisotopic (exact) mass is 498 g/mol. The lowest BCUT2D eigenvalue weighted by molar-refractivity contribution is -0.385. The number of azo groups is 1. The van der Waals surface area contributed by atoms with Gasteiger partial charge in [0.1, 0.15) is 5.69 Å². The van der Waals surface area contributed by atoms with E-state index in [1.807, 2.05) is 0 Å². The largest absolute Gasteiger partial charge is 0.299 e. The Labute approximate surface area is 200 Å². The van der Waals surface area contributed by atoms with Crippen molar-refractivity contribution in [1.82, 2.24) is 9.78 Å². The molecular formula is C21H12Cl2N6O5. The third-order valence-electron chi connectivity index (χ3n) is 4.71. The molecule has 170 valence electrons. The molecule has 1 N–H and O–H groups in total. The Bertz CT molecular complexity index is 1470. The van der Waals surface area contributed by atoms with Crippen LogP contribution < -0.4 is 5.56 Å². The Morgan fingerprint density at radius 1 is 0.794 bits per heavy atom. The number of hydrogen-bond donors (Lipinski definition) is 1. The van der Waals surface area contributed by atoms with Crippen LogP contribution in [0.3, 0.4) is 0 Å². The number of halogens is 2. The fraction of sp³-hybridized carbons (Fsp3) is 0. The number of H-pyrrole nitrogens is 1. The van der Waals surface area contributed by atoms with Crippen LogP contribution in [0.5, 0.6) is 0 Å². The second kappa shape index (κ2) is 9.25. The number of nitro groups is 2. The molecule has 0 saturated carbocycles. The Morgan fingerprint density at radius 2 is 1.35 bits per heavy atom. The van der Waals surface area contributed by atoms with Crippen molar-refractivity contribution in [3.8, 4) is 16.9 Å². The van der Waals surface area contributed by atoms with Crippen molar-refractivity contribution in [3.63, 3.8) is 0 Å². The summed E-state index contributed by atoms with van der Waals surface area (Å²) in [6.07, 6.45) is 0. The maximum atomic E-state index is 13.2. The van der Waals surface area contributed by atoms with Crippen LogP contribution in [-0.2, 0) is 0 Å². The molecule has 4 aromatic rings. The number of non-ortho nitro benzene ring substituents is 2. The maximum absolute atomic E-state index is 13.2. The predicted octanol–water partition coefficient (Wildman–Crippen LogP) is 6.37. The summed E-state index contributed by atoms with van der Waals surface area (Å²) in [5.74, 6) is 0. The van der Waals surface area contributed by atoms with Gasteiger partial charge in [0.25, 0.3) is 16.9 Å². The van der Waals surface area contributed by atoms with Gasteiger partial charge in [-0.1, -0.05) is 53.5 Å². The van der Waals surface area contributed by atoms with Crippen LogP contribution in [0.4, 0.5) is 22.7 Å². The molecule has 0 aliphatic carbocycles.